The van der Waals surface area contributed by atoms with Crippen LogP contribution in [0.5, 0.6) is 0 Å². The minimum absolute atomic E-state index is 0.348. The maximum atomic E-state index is 5.36. The predicted octanol–water partition coefficient (Wildman–Crippen LogP) is -0.0865. The molecule has 0 aliphatic heterocycles. The molecule has 4 N–H and O–H groups in total. The summed E-state index contributed by atoms with van der Waals surface area (Å²) in [6, 6.07) is 7.54. The quantitative estimate of drug-likeness (QED) is 0.483. The van der Waals surface area contributed by atoms with Gasteiger partial charge in [0.05, 0.1) is 5.56 Å². The van der Waals surface area contributed by atoms with Gasteiger partial charge in [0.2, 0.25) is 0 Å². The lowest BCUT2D eigenvalue weighted by Gasteiger charge is -1.92. The molecule has 3 heteroatoms. The molecule has 0 bridgehead atoms. The normalized spacial score (nSPS) is 9.30. The molecule has 0 aliphatic carbocycles. The second kappa shape index (κ2) is 2.84. The minimum atomic E-state index is 0.348. The average molecular weight is 200 g/mol. The Kier molecular flexibility index (Phi) is 2.06. The highest BCUT2D eigenvalue weighted by Gasteiger charge is 1.99. The van der Waals surface area contributed by atoms with Crippen LogP contribution in [0.4, 0.5) is 0 Å². The van der Waals surface area contributed by atoms with Crippen LogP contribution in [0.25, 0.3) is 0 Å². The summed E-state index contributed by atoms with van der Waals surface area (Å²) in [4.78, 5) is 0. The molecule has 1 aromatic rings. The van der Waals surface area contributed by atoms with E-state index in [4.69, 9.17) is 11.1 Å². The van der Waals surface area contributed by atoms with Crippen molar-refractivity contribution in [3.8, 4) is 0 Å². The van der Waals surface area contributed by atoms with Crippen molar-refractivity contribution in [2.45, 2.75) is 0 Å². The van der Waals surface area contributed by atoms with Crippen LogP contribution in [0.1, 0.15) is 5.56 Å². The van der Waals surface area contributed by atoms with E-state index in [9.17, 15) is 0 Å². The molecule has 0 heterocycles. The van der Waals surface area contributed by atoms with Gasteiger partial charge in [-0.15, -0.1) is 0 Å². The lowest BCUT2D eigenvalue weighted by Crippen LogP contribution is -2.46. The zero-order chi connectivity index (χ0) is 7.56. The van der Waals surface area contributed by atoms with E-state index in [0.717, 1.165) is 10.0 Å². The standard InChI is InChI=1S/C7H7BrN2/c8-6-3-1-2-5(4-6)7(9)10/h1-4H,(H3,9,10)/p+1. The van der Waals surface area contributed by atoms with Gasteiger partial charge in [0.1, 0.15) is 0 Å². The first-order chi connectivity index (χ1) is 4.70. The number of hydrogen-bond acceptors (Lipinski definition) is 0. The molecular formula is C7H8BrN2+. The van der Waals surface area contributed by atoms with Crippen molar-refractivity contribution in [1.82, 2.24) is 0 Å². The van der Waals surface area contributed by atoms with Crippen molar-refractivity contribution < 1.29 is 5.41 Å². The van der Waals surface area contributed by atoms with E-state index in [1.165, 1.54) is 0 Å². The molecule has 0 saturated heterocycles. The Hall–Kier alpha value is -0.830. The summed E-state index contributed by atoms with van der Waals surface area (Å²) in [5.74, 6) is 0.348. The third-order valence-electron chi connectivity index (χ3n) is 1.16. The molecule has 2 nitrogen and oxygen atoms in total. The highest BCUT2D eigenvalue weighted by atomic mass is 79.9. The lowest BCUT2D eigenvalue weighted by molar-refractivity contribution is -0.114. The second-order valence-corrected chi connectivity index (χ2v) is 2.88. The molecule has 0 spiro atoms. The van der Waals surface area contributed by atoms with Gasteiger partial charge in [-0.2, -0.15) is 0 Å². The van der Waals surface area contributed by atoms with Crippen LogP contribution < -0.4 is 11.1 Å². The third-order valence-corrected chi connectivity index (χ3v) is 1.65. The smallest absolute Gasteiger partial charge is 0.270 e. The summed E-state index contributed by atoms with van der Waals surface area (Å²) < 4.78 is 0.985. The number of benzene rings is 1. The first kappa shape index (κ1) is 7.28. The van der Waals surface area contributed by atoms with Crippen LogP contribution in [0.15, 0.2) is 28.7 Å². The van der Waals surface area contributed by atoms with Gasteiger partial charge in [0.15, 0.2) is 0 Å². The Balaban J connectivity index is 3.07. The first-order valence-corrected chi connectivity index (χ1v) is 3.63. The van der Waals surface area contributed by atoms with Gasteiger partial charge in [-0.25, -0.2) is 0 Å². The zero-order valence-corrected chi connectivity index (χ0v) is 6.93. The summed E-state index contributed by atoms with van der Waals surface area (Å²) in [5, 5.41) is 5.36. The second-order valence-electron chi connectivity index (χ2n) is 1.97. The van der Waals surface area contributed by atoms with E-state index in [-0.39, 0.29) is 0 Å². The number of rotatable bonds is 1. The van der Waals surface area contributed by atoms with Gasteiger partial charge in [-0.05, 0) is 18.2 Å². The van der Waals surface area contributed by atoms with Gasteiger partial charge in [0, 0.05) is 4.47 Å². The maximum absolute atomic E-state index is 5.36. The van der Waals surface area contributed by atoms with E-state index < -0.39 is 0 Å². The molecule has 0 aliphatic rings. The first-order valence-electron chi connectivity index (χ1n) is 2.84. The number of hydrogen-bond donors (Lipinski definition) is 2. The molecule has 0 amide bonds. The summed E-state index contributed by atoms with van der Waals surface area (Å²) >= 11 is 3.31. The zero-order valence-electron chi connectivity index (χ0n) is 5.34. The Morgan fingerprint density at radius 3 is 2.60 bits per heavy atom. The van der Waals surface area contributed by atoms with Crippen LogP contribution in [0, 0.1) is 0 Å². The van der Waals surface area contributed by atoms with E-state index in [1.54, 1.807) is 0 Å². The Morgan fingerprint density at radius 1 is 1.50 bits per heavy atom. The monoisotopic (exact) mass is 199 g/mol. The van der Waals surface area contributed by atoms with Crippen LogP contribution in [-0.2, 0) is 0 Å². The molecule has 1 rings (SSSR count). The fourth-order valence-electron chi connectivity index (χ4n) is 0.668. The van der Waals surface area contributed by atoms with Gasteiger partial charge >= 0.3 is 0 Å². The predicted molar refractivity (Wildman–Crippen MR) is 44.4 cm³/mol. The van der Waals surface area contributed by atoms with E-state index in [0.29, 0.717) is 5.84 Å². The Morgan fingerprint density at radius 2 is 2.20 bits per heavy atom. The number of amidine groups is 1. The van der Waals surface area contributed by atoms with Crippen molar-refractivity contribution in [1.29, 1.82) is 0 Å². The van der Waals surface area contributed by atoms with E-state index in [2.05, 4.69) is 15.9 Å². The molecule has 0 fully saturated rings. The van der Waals surface area contributed by atoms with Gasteiger partial charge in [-0.3, -0.25) is 11.1 Å². The summed E-state index contributed by atoms with van der Waals surface area (Å²) in [6.07, 6.45) is 0. The summed E-state index contributed by atoms with van der Waals surface area (Å²) in [5.41, 5.74) is 6.21. The highest BCUT2D eigenvalue weighted by Crippen LogP contribution is 2.09. The Bertz CT molecular complexity index is 258. The van der Waals surface area contributed by atoms with Crippen LogP contribution in [0.2, 0.25) is 0 Å². The largest absolute Gasteiger partial charge is 0.287 e. The van der Waals surface area contributed by atoms with Crippen LogP contribution in [-0.4, -0.2) is 5.84 Å². The van der Waals surface area contributed by atoms with Crippen molar-refractivity contribution in [3.05, 3.63) is 34.3 Å². The van der Waals surface area contributed by atoms with Gasteiger partial charge in [-0.1, -0.05) is 22.0 Å². The maximum Gasteiger partial charge on any atom is 0.270 e. The number of halogens is 1. The molecule has 1 aromatic carbocycles. The SMILES string of the molecule is NC(=[NH2+])c1cccc(Br)c1. The minimum Gasteiger partial charge on any atom is -0.287 e. The fourth-order valence-corrected chi connectivity index (χ4v) is 1.07. The molecule has 0 aromatic heterocycles. The average Bonchev–Trinajstić information content (AvgIpc) is 1.88. The summed E-state index contributed by atoms with van der Waals surface area (Å²) in [6.45, 7) is 0. The van der Waals surface area contributed by atoms with Gasteiger partial charge < -0.3 is 0 Å². The van der Waals surface area contributed by atoms with E-state index >= 15 is 0 Å². The molecule has 52 valence electrons. The van der Waals surface area contributed by atoms with Crippen molar-refractivity contribution >= 4 is 21.8 Å². The van der Waals surface area contributed by atoms with Crippen molar-refractivity contribution in [3.63, 3.8) is 0 Å². The van der Waals surface area contributed by atoms with Crippen molar-refractivity contribution in [2.75, 3.05) is 0 Å². The van der Waals surface area contributed by atoms with Crippen LogP contribution in [0.3, 0.4) is 0 Å². The fraction of sp³-hybridized carbons (Fsp3) is 0. The molecule has 0 saturated carbocycles. The number of nitrogens with two attached hydrogens (primary N) is 2. The topological polar surface area (TPSA) is 51.6 Å². The molecule has 0 radical (unpaired) electrons. The molecule has 0 atom stereocenters. The van der Waals surface area contributed by atoms with Crippen molar-refractivity contribution in [2.24, 2.45) is 5.73 Å². The third kappa shape index (κ3) is 1.57. The lowest BCUT2D eigenvalue weighted by atomic mass is 10.2. The molecule has 10 heavy (non-hydrogen) atoms. The van der Waals surface area contributed by atoms with Gasteiger partial charge in [0.25, 0.3) is 5.84 Å². The Labute approximate surface area is 67.7 Å². The van der Waals surface area contributed by atoms with Crippen LogP contribution >= 0.6 is 15.9 Å². The molecule has 0 unspecified atom stereocenters. The summed E-state index contributed by atoms with van der Waals surface area (Å²) in [7, 11) is 0. The highest BCUT2D eigenvalue weighted by molar-refractivity contribution is 9.10. The van der Waals surface area contributed by atoms with E-state index in [1.807, 2.05) is 24.3 Å². The molecular weight excluding hydrogens is 192 g/mol.